The van der Waals surface area contributed by atoms with E-state index in [1.54, 1.807) is 26.3 Å². The summed E-state index contributed by atoms with van der Waals surface area (Å²) in [5, 5.41) is 13.2. The minimum absolute atomic E-state index is 0.0834. The minimum Gasteiger partial charge on any atom is -0.497 e. The van der Waals surface area contributed by atoms with Gasteiger partial charge in [0.15, 0.2) is 12.3 Å². The highest BCUT2D eigenvalue weighted by Crippen LogP contribution is 2.47. The molecule has 2 fully saturated rings. The lowest BCUT2D eigenvalue weighted by atomic mass is 9.79. The zero-order valence-corrected chi connectivity index (χ0v) is 24.0. The summed E-state index contributed by atoms with van der Waals surface area (Å²) in [6.07, 6.45) is -1.77. The fraction of sp³-hybridized carbons (Fsp3) is 0.312. The second-order valence-corrected chi connectivity index (χ2v) is 10.7. The topological polar surface area (TPSA) is 124 Å². The fourth-order valence-corrected chi connectivity index (χ4v) is 6.01. The van der Waals surface area contributed by atoms with Crippen LogP contribution >= 0.6 is 0 Å². The van der Waals surface area contributed by atoms with Crippen molar-refractivity contribution in [2.45, 2.75) is 29.6 Å². The van der Waals surface area contributed by atoms with Crippen molar-refractivity contribution in [1.29, 1.82) is 0 Å². The molecule has 2 aliphatic heterocycles. The number of aliphatic hydroxyl groups is 1. The number of hydrogen-bond donors (Lipinski definition) is 2. The van der Waals surface area contributed by atoms with E-state index in [4.69, 9.17) is 23.8 Å². The Labute approximate surface area is 247 Å². The third kappa shape index (κ3) is 5.05. The fourth-order valence-electron chi connectivity index (χ4n) is 6.01. The Kier molecular flexibility index (Phi) is 7.67. The van der Waals surface area contributed by atoms with E-state index >= 15 is 0 Å². The number of rotatable bonds is 9. The van der Waals surface area contributed by atoms with Crippen molar-refractivity contribution in [3.05, 3.63) is 129 Å². The van der Waals surface area contributed by atoms with Gasteiger partial charge in [-0.05, 0) is 41.0 Å². The van der Waals surface area contributed by atoms with Gasteiger partial charge in [-0.25, -0.2) is 4.79 Å². The molecule has 6 rings (SSSR count). The Morgan fingerprint density at radius 3 is 2.05 bits per heavy atom. The van der Waals surface area contributed by atoms with Crippen LogP contribution in [0.1, 0.15) is 22.9 Å². The van der Waals surface area contributed by atoms with Crippen molar-refractivity contribution in [1.82, 2.24) is 14.6 Å². The average molecular weight is 588 g/mol. The number of hydroxylamine groups is 2. The molecule has 3 heterocycles. The first-order valence-electron chi connectivity index (χ1n) is 13.8. The maximum Gasteiger partial charge on any atom is 0.330 e. The Hall–Kier alpha value is -4.26. The van der Waals surface area contributed by atoms with Gasteiger partial charge in [-0.3, -0.25) is 19.2 Å². The van der Waals surface area contributed by atoms with Crippen molar-refractivity contribution < 1.29 is 28.9 Å². The SMILES string of the molecule is COc1ccc(C(OCC23CN(C)OC(C(n4ccc(=O)[nH]c4=O)O2)C3O)(c2ccccc2)c2ccc(OC)cc2)cc1. The summed E-state index contributed by atoms with van der Waals surface area (Å²) >= 11 is 0. The number of likely N-dealkylation sites (N-methyl/N-ethyl adjacent to an activating group) is 1. The van der Waals surface area contributed by atoms with Crippen LogP contribution in [0.25, 0.3) is 0 Å². The highest BCUT2D eigenvalue weighted by Gasteiger charge is 2.61. The number of aromatic amines is 1. The smallest absolute Gasteiger partial charge is 0.330 e. The number of methoxy groups -OCH3 is 2. The first kappa shape index (κ1) is 28.8. The Morgan fingerprint density at radius 1 is 0.907 bits per heavy atom. The molecule has 43 heavy (non-hydrogen) atoms. The molecule has 4 unspecified atom stereocenters. The van der Waals surface area contributed by atoms with Gasteiger partial charge in [0, 0.05) is 19.3 Å². The highest BCUT2D eigenvalue weighted by atomic mass is 16.7. The number of aliphatic hydroxyl groups excluding tert-OH is 1. The van der Waals surface area contributed by atoms with Gasteiger partial charge < -0.3 is 24.1 Å². The highest BCUT2D eigenvalue weighted by molar-refractivity contribution is 5.49. The van der Waals surface area contributed by atoms with Gasteiger partial charge in [-0.15, -0.1) is 0 Å². The predicted molar refractivity (Wildman–Crippen MR) is 156 cm³/mol. The number of fused-ring (bicyclic) bond motifs is 2. The molecule has 2 saturated heterocycles. The van der Waals surface area contributed by atoms with Gasteiger partial charge >= 0.3 is 5.69 Å². The van der Waals surface area contributed by atoms with Crippen molar-refractivity contribution >= 4 is 0 Å². The third-order valence-corrected chi connectivity index (χ3v) is 8.11. The van der Waals surface area contributed by atoms with Crippen LogP contribution in [-0.4, -0.2) is 71.9 Å². The van der Waals surface area contributed by atoms with Gasteiger partial charge in [0.05, 0.1) is 27.4 Å². The van der Waals surface area contributed by atoms with Crippen LogP contribution < -0.4 is 20.7 Å². The third-order valence-electron chi connectivity index (χ3n) is 8.11. The molecule has 4 aromatic rings. The molecule has 0 radical (unpaired) electrons. The van der Waals surface area contributed by atoms with Crippen LogP contribution in [0.4, 0.5) is 0 Å². The van der Waals surface area contributed by atoms with Crippen LogP contribution in [-0.2, 0) is 19.9 Å². The first-order chi connectivity index (χ1) is 20.8. The maximum atomic E-state index is 12.7. The Morgan fingerprint density at radius 2 is 1.49 bits per heavy atom. The largest absolute Gasteiger partial charge is 0.497 e. The average Bonchev–Trinajstić information content (AvgIpc) is 3.18. The van der Waals surface area contributed by atoms with E-state index in [9.17, 15) is 14.7 Å². The molecule has 0 saturated carbocycles. The number of nitrogens with zero attached hydrogens (tertiary/aromatic N) is 2. The summed E-state index contributed by atoms with van der Waals surface area (Å²) in [5.74, 6) is 1.38. The van der Waals surface area contributed by atoms with Crippen LogP contribution in [0.15, 0.2) is 101 Å². The van der Waals surface area contributed by atoms with Crippen molar-refractivity contribution in [3.8, 4) is 11.5 Å². The zero-order chi connectivity index (χ0) is 30.2. The number of nitrogens with one attached hydrogen (secondary N) is 1. The summed E-state index contributed by atoms with van der Waals surface area (Å²) in [7, 11) is 4.95. The molecule has 0 aliphatic carbocycles. The molecule has 11 heteroatoms. The Balaban J connectivity index is 1.47. The molecule has 0 amide bonds. The number of H-pyrrole nitrogens is 1. The Bertz CT molecular complexity index is 1620. The second kappa shape index (κ2) is 11.4. The lowest BCUT2D eigenvalue weighted by Gasteiger charge is -2.43. The predicted octanol–water partition coefficient (Wildman–Crippen LogP) is 2.44. The molecule has 1 aromatic heterocycles. The second-order valence-electron chi connectivity index (χ2n) is 10.7. The standard InChI is InChI=1S/C32H33N3O8/c1-34-19-31(28(37)27(43-34)29(42-31)35-18-17-26(36)33-30(35)38)20-41-32(21-7-5-4-6-8-21,22-9-13-24(39-2)14-10-22)23-11-15-25(40-3)16-12-23/h4-18,27-29,37H,19-20H2,1-3H3,(H,33,36,38). The van der Waals surface area contributed by atoms with Gasteiger partial charge in [-0.1, -0.05) is 54.6 Å². The quantitative estimate of drug-likeness (QED) is 0.284. The summed E-state index contributed by atoms with van der Waals surface area (Å²) in [6.45, 7) is 0.0648. The number of benzene rings is 3. The molecule has 4 atom stereocenters. The number of aromatic nitrogens is 2. The maximum absolute atomic E-state index is 12.7. The van der Waals surface area contributed by atoms with Crippen molar-refractivity contribution in [2.75, 3.05) is 34.4 Å². The molecule has 3 aromatic carbocycles. The summed E-state index contributed by atoms with van der Waals surface area (Å²) in [5.41, 5.74) is -1.18. The zero-order valence-electron chi connectivity index (χ0n) is 24.0. The minimum atomic E-state index is -1.29. The lowest BCUT2D eigenvalue weighted by molar-refractivity contribution is -0.262. The van der Waals surface area contributed by atoms with Crippen LogP contribution in [0.3, 0.4) is 0 Å². The van der Waals surface area contributed by atoms with E-state index in [-0.39, 0.29) is 13.2 Å². The first-order valence-corrected chi connectivity index (χ1v) is 13.8. The van der Waals surface area contributed by atoms with Crippen LogP contribution in [0.5, 0.6) is 11.5 Å². The number of hydrogen-bond acceptors (Lipinski definition) is 9. The van der Waals surface area contributed by atoms with Gasteiger partial charge in [0.25, 0.3) is 5.56 Å². The molecule has 2 N–H and O–H groups in total. The van der Waals surface area contributed by atoms with E-state index in [0.29, 0.717) is 11.5 Å². The van der Waals surface area contributed by atoms with Crippen LogP contribution in [0, 0.1) is 0 Å². The molecular weight excluding hydrogens is 554 g/mol. The molecule has 0 spiro atoms. The van der Waals surface area contributed by atoms with Gasteiger partial charge in [0.1, 0.15) is 28.8 Å². The number of ether oxygens (including phenoxy) is 4. The molecule has 2 aliphatic rings. The van der Waals surface area contributed by atoms with E-state index in [1.807, 2.05) is 78.9 Å². The summed E-state index contributed by atoms with van der Waals surface area (Å²) in [6, 6.07) is 26.3. The normalized spacial score (nSPS) is 23.7. The molecule has 224 valence electrons. The van der Waals surface area contributed by atoms with E-state index < -0.39 is 40.9 Å². The van der Waals surface area contributed by atoms with E-state index in [2.05, 4.69) is 4.98 Å². The summed E-state index contributed by atoms with van der Waals surface area (Å²) in [4.78, 5) is 32.6. The molecule has 2 bridgehead atoms. The molecule has 11 nitrogen and oxygen atoms in total. The van der Waals surface area contributed by atoms with E-state index in [0.717, 1.165) is 16.7 Å². The van der Waals surface area contributed by atoms with E-state index in [1.165, 1.54) is 16.8 Å². The van der Waals surface area contributed by atoms with Gasteiger partial charge in [-0.2, -0.15) is 5.06 Å². The van der Waals surface area contributed by atoms with Gasteiger partial charge in [0.2, 0.25) is 0 Å². The monoisotopic (exact) mass is 587 g/mol. The van der Waals surface area contributed by atoms with Crippen molar-refractivity contribution in [3.63, 3.8) is 0 Å². The lowest BCUT2D eigenvalue weighted by Crippen LogP contribution is -2.60. The summed E-state index contributed by atoms with van der Waals surface area (Å²) < 4.78 is 25.6. The van der Waals surface area contributed by atoms with Crippen molar-refractivity contribution in [2.24, 2.45) is 0 Å². The van der Waals surface area contributed by atoms with Crippen LogP contribution in [0.2, 0.25) is 0 Å². The molecular formula is C32H33N3O8.